The maximum Gasteiger partial charge on any atom is 0.224 e. The fraction of sp³-hybridized carbons (Fsp3) is 0.800. The van der Waals surface area contributed by atoms with Crippen molar-refractivity contribution in [3.8, 4) is 0 Å². The summed E-state index contributed by atoms with van der Waals surface area (Å²) in [4.78, 5) is 17.7. The Bertz CT molecular complexity index is 239. The number of rotatable bonds is 5. The Kier molecular flexibility index (Phi) is 5.53. The van der Waals surface area contributed by atoms with Gasteiger partial charge in [-0.15, -0.1) is 0 Å². The lowest BCUT2D eigenvalue weighted by molar-refractivity contribution is -0.130. The summed E-state index contributed by atoms with van der Waals surface area (Å²) in [6.07, 6.45) is 0.557. The van der Waals surface area contributed by atoms with E-state index in [4.69, 9.17) is 0 Å². The highest BCUT2D eigenvalue weighted by Gasteiger charge is 2.10. The van der Waals surface area contributed by atoms with Crippen LogP contribution in [-0.4, -0.2) is 47.9 Å². The molecule has 1 heterocycles. The van der Waals surface area contributed by atoms with Crippen molar-refractivity contribution in [2.45, 2.75) is 20.3 Å². The molecule has 1 rings (SSSR count). The van der Waals surface area contributed by atoms with E-state index in [0.29, 0.717) is 13.0 Å². The van der Waals surface area contributed by atoms with E-state index in [9.17, 15) is 4.79 Å². The van der Waals surface area contributed by atoms with E-state index in [2.05, 4.69) is 10.3 Å². The fourth-order valence-corrected chi connectivity index (χ4v) is 2.22. The quantitative estimate of drug-likeness (QED) is 0.763. The number of amidine groups is 1. The predicted octanol–water partition coefficient (Wildman–Crippen LogP) is 0.937. The standard InChI is InChI=1S/C10H19N3OS/c1-3-13(4-2)9(14)5-6-11-10-12-7-8-15-10/h3-8H2,1-2H3,(H,11,12). The van der Waals surface area contributed by atoms with Crippen LogP contribution in [0.15, 0.2) is 4.99 Å². The summed E-state index contributed by atoms with van der Waals surface area (Å²) in [5, 5.41) is 4.17. The van der Waals surface area contributed by atoms with Gasteiger partial charge in [0.1, 0.15) is 0 Å². The van der Waals surface area contributed by atoms with Gasteiger partial charge in [-0.05, 0) is 13.8 Å². The molecule has 0 saturated heterocycles. The molecule has 1 aliphatic heterocycles. The molecule has 0 fully saturated rings. The van der Waals surface area contributed by atoms with Crippen LogP contribution in [0.3, 0.4) is 0 Å². The second-order valence-electron chi connectivity index (χ2n) is 3.28. The number of aliphatic imine (C=N–C) groups is 1. The second kappa shape index (κ2) is 6.71. The molecule has 0 aromatic heterocycles. The van der Waals surface area contributed by atoms with Crippen molar-refractivity contribution in [1.29, 1.82) is 0 Å². The first kappa shape index (κ1) is 12.4. The summed E-state index contributed by atoms with van der Waals surface area (Å²) in [5.41, 5.74) is 0. The van der Waals surface area contributed by atoms with Crippen LogP contribution in [-0.2, 0) is 4.79 Å². The van der Waals surface area contributed by atoms with Gasteiger partial charge in [0, 0.05) is 31.8 Å². The highest BCUT2D eigenvalue weighted by Crippen LogP contribution is 2.08. The van der Waals surface area contributed by atoms with Gasteiger partial charge < -0.3 is 10.2 Å². The van der Waals surface area contributed by atoms with Crippen molar-refractivity contribution in [2.75, 3.05) is 31.9 Å². The minimum Gasteiger partial charge on any atom is -0.364 e. The Balaban J connectivity index is 2.16. The molecule has 0 atom stereocenters. The van der Waals surface area contributed by atoms with E-state index >= 15 is 0 Å². The van der Waals surface area contributed by atoms with E-state index in [1.54, 1.807) is 11.8 Å². The Labute approximate surface area is 95.5 Å². The van der Waals surface area contributed by atoms with Crippen LogP contribution in [0.1, 0.15) is 20.3 Å². The van der Waals surface area contributed by atoms with Crippen LogP contribution in [0.2, 0.25) is 0 Å². The lowest BCUT2D eigenvalue weighted by Gasteiger charge is -2.18. The molecule has 15 heavy (non-hydrogen) atoms. The van der Waals surface area contributed by atoms with Gasteiger partial charge in [-0.25, -0.2) is 0 Å². The fourth-order valence-electron chi connectivity index (χ4n) is 1.45. The molecule has 0 aliphatic carbocycles. The SMILES string of the molecule is CCN(CC)C(=O)CCNC1=NCCS1. The molecular formula is C10H19N3OS. The van der Waals surface area contributed by atoms with Crippen molar-refractivity contribution >= 4 is 22.8 Å². The molecule has 5 heteroatoms. The van der Waals surface area contributed by atoms with E-state index in [1.807, 2.05) is 18.7 Å². The van der Waals surface area contributed by atoms with Crippen LogP contribution in [0, 0.1) is 0 Å². The Hall–Kier alpha value is -0.710. The van der Waals surface area contributed by atoms with E-state index < -0.39 is 0 Å². The van der Waals surface area contributed by atoms with Crippen LogP contribution in [0.25, 0.3) is 0 Å². The molecule has 0 spiro atoms. The number of amides is 1. The van der Waals surface area contributed by atoms with Gasteiger partial charge in [0.05, 0.1) is 6.54 Å². The molecule has 4 nitrogen and oxygen atoms in total. The van der Waals surface area contributed by atoms with Gasteiger partial charge in [-0.3, -0.25) is 9.79 Å². The molecule has 1 aliphatic rings. The number of carbonyl (C=O) groups excluding carboxylic acids is 1. The summed E-state index contributed by atoms with van der Waals surface area (Å²) < 4.78 is 0. The van der Waals surface area contributed by atoms with Gasteiger partial charge in [-0.2, -0.15) is 0 Å². The zero-order valence-electron chi connectivity index (χ0n) is 9.45. The van der Waals surface area contributed by atoms with Gasteiger partial charge in [0.15, 0.2) is 5.17 Å². The minimum absolute atomic E-state index is 0.219. The predicted molar refractivity (Wildman–Crippen MR) is 65.3 cm³/mol. The lowest BCUT2D eigenvalue weighted by atomic mass is 10.3. The van der Waals surface area contributed by atoms with Gasteiger partial charge in [-0.1, -0.05) is 11.8 Å². The number of carbonyl (C=O) groups is 1. The van der Waals surface area contributed by atoms with Crippen LogP contribution < -0.4 is 5.32 Å². The average molecular weight is 229 g/mol. The third-order valence-electron chi connectivity index (χ3n) is 2.32. The zero-order chi connectivity index (χ0) is 11.1. The van der Waals surface area contributed by atoms with Crippen molar-refractivity contribution < 1.29 is 4.79 Å². The first-order valence-corrected chi connectivity index (χ1v) is 6.45. The normalized spacial score (nSPS) is 14.9. The van der Waals surface area contributed by atoms with Crippen molar-refractivity contribution in [2.24, 2.45) is 4.99 Å². The first-order valence-electron chi connectivity index (χ1n) is 5.46. The van der Waals surface area contributed by atoms with Crippen LogP contribution in [0.5, 0.6) is 0 Å². The largest absolute Gasteiger partial charge is 0.364 e. The van der Waals surface area contributed by atoms with Gasteiger partial charge in [0.2, 0.25) is 5.91 Å². The number of nitrogens with one attached hydrogen (secondary N) is 1. The summed E-state index contributed by atoms with van der Waals surface area (Å²) in [6.45, 7) is 7.20. The first-order chi connectivity index (χ1) is 7.27. The second-order valence-corrected chi connectivity index (χ2v) is 4.36. The number of hydrogen-bond donors (Lipinski definition) is 1. The summed E-state index contributed by atoms with van der Waals surface area (Å²) in [6, 6.07) is 0. The van der Waals surface area contributed by atoms with Crippen LogP contribution >= 0.6 is 11.8 Å². The van der Waals surface area contributed by atoms with E-state index in [1.165, 1.54) is 0 Å². The average Bonchev–Trinajstić information content (AvgIpc) is 2.72. The highest BCUT2D eigenvalue weighted by molar-refractivity contribution is 8.14. The Morgan fingerprint density at radius 2 is 2.27 bits per heavy atom. The molecule has 0 saturated carbocycles. The van der Waals surface area contributed by atoms with Crippen molar-refractivity contribution in [3.05, 3.63) is 0 Å². The maximum absolute atomic E-state index is 11.6. The van der Waals surface area contributed by atoms with E-state index in [-0.39, 0.29) is 5.91 Å². The Morgan fingerprint density at radius 3 is 2.80 bits per heavy atom. The summed E-state index contributed by atoms with van der Waals surface area (Å²) in [7, 11) is 0. The molecule has 0 bridgehead atoms. The molecule has 0 aromatic rings. The zero-order valence-corrected chi connectivity index (χ0v) is 10.3. The third-order valence-corrected chi connectivity index (χ3v) is 3.25. The molecule has 0 radical (unpaired) electrons. The smallest absolute Gasteiger partial charge is 0.224 e. The number of hydrogen-bond acceptors (Lipinski definition) is 4. The maximum atomic E-state index is 11.6. The molecular weight excluding hydrogens is 210 g/mol. The topological polar surface area (TPSA) is 44.7 Å². The monoisotopic (exact) mass is 229 g/mol. The molecule has 0 unspecified atom stereocenters. The van der Waals surface area contributed by atoms with Crippen molar-refractivity contribution in [1.82, 2.24) is 10.2 Å². The molecule has 86 valence electrons. The van der Waals surface area contributed by atoms with E-state index in [0.717, 1.165) is 30.6 Å². The minimum atomic E-state index is 0.219. The van der Waals surface area contributed by atoms with Gasteiger partial charge in [0.25, 0.3) is 0 Å². The van der Waals surface area contributed by atoms with Gasteiger partial charge >= 0.3 is 0 Å². The highest BCUT2D eigenvalue weighted by atomic mass is 32.2. The Morgan fingerprint density at radius 1 is 1.53 bits per heavy atom. The lowest BCUT2D eigenvalue weighted by Crippen LogP contribution is -2.33. The molecule has 1 amide bonds. The summed E-state index contributed by atoms with van der Waals surface area (Å²) >= 11 is 1.73. The summed E-state index contributed by atoms with van der Waals surface area (Å²) in [5.74, 6) is 1.28. The molecule has 1 N–H and O–H groups in total. The molecule has 0 aromatic carbocycles. The third kappa shape index (κ3) is 4.11. The number of thioether (sulfide) groups is 1. The number of nitrogens with zero attached hydrogens (tertiary/aromatic N) is 2. The van der Waals surface area contributed by atoms with Crippen molar-refractivity contribution in [3.63, 3.8) is 0 Å². The van der Waals surface area contributed by atoms with Crippen LogP contribution in [0.4, 0.5) is 0 Å².